The first-order chi connectivity index (χ1) is 7.20. The monoisotopic (exact) mass is 210 g/mol. The van der Waals surface area contributed by atoms with Gasteiger partial charge in [0.1, 0.15) is 5.56 Å². The topological polar surface area (TPSA) is 66.0 Å². The summed E-state index contributed by atoms with van der Waals surface area (Å²) in [6.45, 7) is 4.22. The summed E-state index contributed by atoms with van der Waals surface area (Å²) in [5, 5.41) is 15.6. The first-order valence-corrected chi connectivity index (χ1v) is 5.47. The van der Waals surface area contributed by atoms with Gasteiger partial charge in [-0.05, 0) is 12.8 Å². The predicted octanol–water partition coefficient (Wildman–Crippen LogP) is 2.79. The van der Waals surface area contributed by atoms with Crippen LogP contribution in [-0.4, -0.2) is 21.3 Å². The van der Waals surface area contributed by atoms with Crippen molar-refractivity contribution in [2.45, 2.75) is 45.4 Å². The molecule has 0 aliphatic carbocycles. The van der Waals surface area contributed by atoms with Gasteiger partial charge in [0.15, 0.2) is 0 Å². The average molecular weight is 210 g/mol. The molecule has 0 atom stereocenters. The Bertz CT molecular complexity index is 314. The Labute approximate surface area is 89.7 Å². The number of nitrogens with zero attached hydrogens (tertiary/aromatic N) is 1. The number of carbonyl (C=O) groups is 1. The minimum absolute atomic E-state index is 0.300. The van der Waals surface area contributed by atoms with Gasteiger partial charge in [-0.1, -0.05) is 26.7 Å². The molecule has 0 radical (unpaired) electrons. The molecule has 1 aromatic heterocycles. The molecule has 0 unspecified atom stereocenters. The Morgan fingerprint density at radius 2 is 2.07 bits per heavy atom. The number of aromatic nitrogens is 2. The molecule has 0 aromatic carbocycles. The largest absolute Gasteiger partial charge is 0.478 e. The quantitative estimate of drug-likeness (QED) is 0.758. The third-order valence-electron chi connectivity index (χ3n) is 2.58. The van der Waals surface area contributed by atoms with Crippen LogP contribution in [0.15, 0.2) is 6.20 Å². The molecular weight excluding hydrogens is 192 g/mol. The highest BCUT2D eigenvalue weighted by molar-refractivity contribution is 5.88. The zero-order valence-corrected chi connectivity index (χ0v) is 9.29. The van der Waals surface area contributed by atoms with Crippen molar-refractivity contribution >= 4 is 5.97 Å². The van der Waals surface area contributed by atoms with E-state index in [9.17, 15) is 4.79 Å². The second kappa shape index (κ2) is 5.53. The first kappa shape index (κ1) is 11.8. The lowest BCUT2D eigenvalue weighted by Gasteiger charge is -2.13. The van der Waals surface area contributed by atoms with Gasteiger partial charge in [-0.3, -0.25) is 5.10 Å². The van der Waals surface area contributed by atoms with Crippen molar-refractivity contribution in [3.05, 3.63) is 17.5 Å². The van der Waals surface area contributed by atoms with Crippen LogP contribution in [0.4, 0.5) is 0 Å². The molecule has 1 heterocycles. The van der Waals surface area contributed by atoms with E-state index in [0.29, 0.717) is 11.5 Å². The van der Waals surface area contributed by atoms with E-state index in [4.69, 9.17) is 5.11 Å². The number of nitrogens with one attached hydrogen (secondary N) is 1. The van der Waals surface area contributed by atoms with Gasteiger partial charge in [0.05, 0.1) is 11.9 Å². The third kappa shape index (κ3) is 2.81. The molecule has 2 N–H and O–H groups in total. The number of carboxylic acids is 1. The van der Waals surface area contributed by atoms with E-state index in [1.165, 1.54) is 6.20 Å². The van der Waals surface area contributed by atoms with Gasteiger partial charge < -0.3 is 5.11 Å². The molecule has 0 bridgehead atoms. The smallest absolute Gasteiger partial charge is 0.339 e. The lowest BCUT2D eigenvalue weighted by Crippen LogP contribution is -2.06. The van der Waals surface area contributed by atoms with Crippen molar-refractivity contribution in [2.24, 2.45) is 0 Å². The molecule has 4 nitrogen and oxygen atoms in total. The predicted molar refractivity (Wildman–Crippen MR) is 58.1 cm³/mol. The minimum atomic E-state index is -0.893. The summed E-state index contributed by atoms with van der Waals surface area (Å²) in [5.74, 6) is -0.593. The summed E-state index contributed by atoms with van der Waals surface area (Å²) >= 11 is 0. The normalized spacial score (nSPS) is 10.9. The SMILES string of the molecule is CCCC(CCC)c1[nH]ncc1C(=O)O. The minimum Gasteiger partial charge on any atom is -0.478 e. The molecule has 15 heavy (non-hydrogen) atoms. The lowest BCUT2D eigenvalue weighted by molar-refractivity contribution is 0.0695. The highest BCUT2D eigenvalue weighted by Gasteiger charge is 2.19. The van der Waals surface area contributed by atoms with E-state index >= 15 is 0 Å². The molecule has 0 fully saturated rings. The summed E-state index contributed by atoms with van der Waals surface area (Å²) in [6, 6.07) is 0. The van der Waals surface area contributed by atoms with Crippen LogP contribution in [-0.2, 0) is 0 Å². The number of hydrogen-bond acceptors (Lipinski definition) is 2. The highest BCUT2D eigenvalue weighted by atomic mass is 16.4. The van der Waals surface area contributed by atoms with Crippen molar-refractivity contribution < 1.29 is 9.90 Å². The van der Waals surface area contributed by atoms with Crippen molar-refractivity contribution in [1.29, 1.82) is 0 Å². The zero-order valence-electron chi connectivity index (χ0n) is 9.29. The maximum Gasteiger partial charge on any atom is 0.339 e. The van der Waals surface area contributed by atoms with Gasteiger partial charge in [0, 0.05) is 5.92 Å². The van der Waals surface area contributed by atoms with Crippen molar-refractivity contribution in [3.63, 3.8) is 0 Å². The van der Waals surface area contributed by atoms with Gasteiger partial charge >= 0.3 is 5.97 Å². The Hall–Kier alpha value is -1.32. The molecule has 1 rings (SSSR count). The Morgan fingerprint density at radius 3 is 2.53 bits per heavy atom. The second-order valence-corrected chi connectivity index (χ2v) is 3.78. The van der Waals surface area contributed by atoms with Gasteiger partial charge in [-0.2, -0.15) is 5.10 Å². The van der Waals surface area contributed by atoms with Gasteiger partial charge in [0.25, 0.3) is 0 Å². The van der Waals surface area contributed by atoms with Crippen LogP contribution in [0.25, 0.3) is 0 Å². The number of hydrogen-bond donors (Lipinski definition) is 2. The van der Waals surface area contributed by atoms with Crippen LogP contribution in [0, 0.1) is 0 Å². The first-order valence-electron chi connectivity index (χ1n) is 5.47. The van der Waals surface area contributed by atoms with Crippen LogP contribution in [0.2, 0.25) is 0 Å². The summed E-state index contributed by atoms with van der Waals surface area (Å²) in [7, 11) is 0. The van der Waals surface area contributed by atoms with E-state index in [1.54, 1.807) is 0 Å². The molecule has 84 valence electrons. The van der Waals surface area contributed by atoms with Gasteiger partial charge in [0.2, 0.25) is 0 Å². The molecule has 1 aromatic rings. The van der Waals surface area contributed by atoms with E-state index in [1.807, 2.05) is 0 Å². The average Bonchev–Trinajstić information content (AvgIpc) is 2.65. The fourth-order valence-corrected chi connectivity index (χ4v) is 1.91. The van der Waals surface area contributed by atoms with E-state index < -0.39 is 5.97 Å². The Kier molecular flexibility index (Phi) is 4.34. The molecule has 0 amide bonds. The third-order valence-corrected chi connectivity index (χ3v) is 2.58. The van der Waals surface area contributed by atoms with E-state index in [2.05, 4.69) is 24.0 Å². The zero-order chi connectivity index (χ0) is 11.3. The standard InChI is InChI=1S/C11H18N2O2/c1-3-5-8(6-4-2)10-9(11(14)15)7-12-13-10/h7-8H,3-6H2,1-2H3,(H,12,13)(H,14,15). The number of H-pyrrole nitrogens is 1. The molecular formula is C11H18N2O2. The Balaban J connectivity index is 2.89. The van der Waals surface area contributed by atoms with E-state index in [0.717, 1.165) is 31.4 Å². The van der Waals surface area contributed by atoms with Crippen LogP contribution in [0.3, 0.4) is 0 Å². The molecule has 0 saturated heterocycles. The second-order valence-electron chi connectivity index (χ2n) is 3.78. The van der Waals surface area contributed by atoms with Gasteiger partial charge in [-0.15, -0.1) is 0 Å². The number of aromatic carboxylic acids is 1. The fraction of sp³-hybridized carbons (Fsp3) is 0.636. The Morgan fingerprint density at radius 1 is 1.47 bits per heavy atom. The van der Waals surface area contributed by atoms with Crippen LogP contribution < -0.4 is 0 Å². The summed E-state index contributed by atoms with van der Waals surface area (Å²) < 4.78 is 0. The molecule has 0 saturated carbocycles. The van der Waals surface area contributed by atoms with Gasteiger partial charge in [-0.25, -0.2) is 4.79 Å². The molecule has 0 aliphatic heterocycles. The molecule has 4 heteroatoms. The highest BCUT2D eigenvalue weighted by Crippen LogP contribution is 2.27. The van der Waals surface area contributed by atoms with Crippen LogP contribution >= 0.6 is 0 Å². The molecule has 0 spiro atoms. The summed E-state index contributed by atoms with van der Waals surface area (Å²) in [4.78, 5) is 10.9. The van der Waals surface area contributed by atoms with Crippen LogP contribution in [0.5, 0.6) is 0 Å². The molecule has 0 aliphatic rings. The van der Waals surface area contributed by atoms with E-state index in [-0.39, 0.29) is 0 Å². The summed E-state index contributed by atoms with van der Waals surface area (Å²) in [5.41, 5.74) is 1.10. The van der Waals surface area contributed by atoms with Crippen LogP contribution in [0.1, 0.15) is 61.5 Å². The maximum atomic E-state index is 10.9. The lowest BCUT2D eigenvalue weighted by atomic mass is 9.92. The maximum absolute atomic E-state index is 10.9. The van der Waals surface area contributed by atoms with Crippen molar-refractivity contribution in [2.75, 3.05) is 0 Å². The summed E-state index contributed by atoms with van der Waals surface area (Å²) in [6.07, 6.45) is 5.54. The number of aromatic amines is 1. The number of rotatable bonds is 6. The van der Waals surface area contributed by atoms with Crippen molar-refractivity contribution in [3.8, 4) is 0 Å². The fourth-order valence-electron chi connectivity index (χ4n) is 1.91. The number of carboxylic acid groups (broad SMARTS) is 1. The van der Waals surface area contributed by atoms with Crippen molar-refractivity contribution in [1.82, 2.24) is 10.2 Å².